The number of nitrogen functional groups attached to an aromatic ring is 1. The Kier molecular flexibility index (Phi) is 4.76. The van der Waals surface area contributed by atoms with E-state index in [1.807, 2.05) is 31.2 Å². The average molecular weight is 323 g/mol. The minimum atomic E-state index is -0.170. The van der Waals surface area contributed by atoms with Crippen molar-refractivity contribution in [3.63, 3.8) is 0 Å². The molecule has 0 heterocycles. The van der Waals surface area contributed by atoms with E-state index < -0.39 is 0 Å². The summed E-state index contributed by atoms with van der Waals surface area (Å²) in [4.78, 5) is 14.2. The lowest BCUT2D eigenvalue weighted by atomic mass is 10.1. The normalized spacial score (nSPS) is 12.0. The topological polar surface area (TPSA) is 46.3 Å². The first kappa shape index (κ1) is 15.7. The summed E-state index contributed by atoms with van der Waals surface area (Å²) >= 11 is 12.0. The molecule has 0 aliphatic heterocycles. The number of nitrogens with two attached hydrogens (primary N) is 1. The summed E-state index contributed by atoms with van der Waals surface area (Å²) in [5.74, 6) is -0.170. The number of halogens is 2. The van der Waals surface area contributed by atoms with Gasteiger partial charge in [-0.15, -0.1) is 0 Å². The van der Waals surface area contributed by atoms with Gasteiger partial charge in [-0.25, -0.2) is 0 Å². The number of nitrogens with zero attached hydrogens (tertiary/aromatic N) is 1. The van der Waals surface area contributed by atoms with Gasteiger partial charge in [0, 0.05) is 22.8 Å². The van der Waals surface area contributed by atoms with Gasteiger partial charge >= 0.3 is 0 Å². The standard InChI is InChI=1S/C16H16Cl2N2O/c1-10(12-5-3-4-6-14(12)18)20(2)16(21)13-8-7-11(17)9-15(13)19/h3-10H,19H2,1-2H3. The van der Waals surface area contributed by atoms with Crippen LogP contribution in [0.4, 0.5) is 5.69 Å². The van der Waals surface area contributed by atoms with Crippen LogP contribution in [0.25, 0.3) is 0 Å². The van der Waals surface area contributed by atoms with Gasteiger partial charge in [-0.3, -0.25) is 4.79 Å². The second kappa shape index (κ2) is 6.37. The van der Waals surface area contributed by atoms with Crippen LogP contribution in [0.3, 0.4) is 0 Å². The maximum Gasteiger partial charge on any atom is 0.256 e. The van der Waals surface area contributed by atoms with Gasteiger partial charge in [0.25, 0.3) is 5.91 Å². The smallest absolute Gasteiger partial charge is 0.256 e. The second-order valence-corrected chi connectivity index (χ2v) is 5.69. The van der Waals surface area contributed by atoms with E-state index in [1.54, 1.807) is 30.1 Å². The molecular weight excluding hydrogens is 307 g/mol. The molecule has 2 aromatic rings. The third-order valence-corrected chi connectivity index (χ3v) is 4.08. The van der Waals surface area contributed by atoms with Gasteiger partial charge in [0.1, 0.15) is 0 Å². The lowest BCUT2D eigenvalue weighted by Crippen LogP contribution is -2.30. The Hall–Kier alpha value is -1.71. The van der Waals surface area contributed by atoms with Crippen molar-refractivity contribution in [2.75, 3.05) is 12.8 Å². The van der Waals surface area contributed by atoms with Crippen molar-refractivity contribution in [3.05, 3.63) is 63.6 Å². The molecule has 0 saturated heterocycles. The van der Waals surface area contributed by atoms with Crippen LogP contribution in [-0.4, -0.2) is 17.9 Å². The van der Waals surface area contributed by atoms with Gasteiger partial charge < -0.3 is 10.6 Å². The molecule has 5 heteroatoms. The van der Waals surface area contributed by atoms with Gasteiger partial charge in [-0.1, -0.05) is 41.4 Å². The third kappa shape index (κ3) is 3.31. The van der Waals surface area contributed by atoms with Gasteiger partial charge in [0.2, 0.25) is 0 Å². The molecule has 1 unspecified atom stereocenters. The number of amides is 1. The zero-order chi connectivity index (χ0) is 15.6. The van der Waals surface area contributed by atoms with E-state index in [2.05, 4.69) is 0 Å². The van der Waals surface area contributed by atoms with E-state index in [1.165, 1.54) is 0 Å². The molecule has 0 aliphatic carbocycles. The maximum absolute atomic E-state index is 12.6. The van der Waals surface area contributed by atoms with Crippen molar-refractivity contribution < 1.29 is 4.79 Å². The molecule has 1 amide bonds. The zero-order valence-corrected chi connectivity index (χ0v) is 13.3. The predicted octanol–water partition coefficient (Wildman–Crippen LogP) is 4.41. The fourth-order valence-corrected chi connectivity index (χ4v) is 2.59. The van der Waals surface area contributed by atoms with Crippen molar-refractivity contribution in [3.8, 4) is 0 Å². The van der Waals surface area contributed by atoms with Crippen LogP contribution >= 0.6 is 23.2 Å². The second-order valence-electron chi connectivity index (χ2n) is 4.85. The highest BCUT2D eigenvalue weighted by Crippen LogP contribution is 2.28. The molecule has 0 aliphatic rings. The average Bonchev–Trinajstić information content (AvgIpc) is 2.45. The monoisotopic (exact) mass is 322 g/mol. The van der Waals surface area contributed by atoms with E-state index >= 15 is 0 Å². The number of rotatable bonds is 3. The predicted molar refractivity (Wildman–Crippen MR) is 87.8 cm³/mol. The van der Waals surface area contributed by atoms with Crippen LogP contribution in [-0.2, 0) is 0 Å². The number of hydrogen-bond acceptors (Lipinski definition) is 2. The zero-order valence-electron chi connectivity index (χ0n) is 11.8. The Morgan fingerprint density at radius 2 is 1.86 bits per heavy atom. The van der Waals surface area contributed by atoms with E-state index in [0.717, 1.165) is 5.56 Å². The Bertz CT molecular complexity index is 673. The summed E-state index contributed by atoms with van der Waals surface area (Å²) in [6.45, 7) is 1.92. The molecular formula is C16H16Cl2N2O. The van der Waals surface area contributed by atoms with Gasteiger partial charge in [-0.2, -0.15) is 0 Å². The Morgan fingerprint density at radius 1 is 1.19 bits per heavy atom. The first-order chi connectivity index (χ1) is 9.91. The van der Waals surface area contributed by atoms with Crippen molar-refractivity contribution in [2.24, 2.45) is 0 Å². The minimum absolute atomic E-state index is 0.165. The summed E-state index contributed by atoms with van der Waals surface area (Å²) in [7, 11) is 1.73. The van der Waals surface area contributed by atoms with Crippen LogP contribution in [0.2, 0.25) is 10.0 Å². The molecule has 0 saturated carbocycles. The summed E-state index contributed by atoms with van der Waals surface area (Å²) in [5, 5.41) is 1.14. The molecule has 1 atom stereocenters. The van der Waals surface area contributed by atoms with Crippen molar-refractivity contribution in [1.29, 1.82) is 0 Å². The molecule has 0 spiro atoms. The molecule has 2 rings (SSSR count). The van der Waals surface area contributed by atoms with Crippen molar-refractivity contribution in [1.82, 2.24) is 4.90 Å². The Labute approximate surface area is 134 Å². The molecule has 2 aromatic carbocycles. The summed E-state index contributed by atoms with van der Waals surface area (Å²) in [5.41, 5.74) is 7.56. The number of carbonyl (C=O) groups excluding carboxylic acids is 1. The largest absolute Gasteiger partial charge is 0.398 e. The number of hydrogen-bond donors (Lipinski definition) is 1. The fraction of sp³-hybridized carbons (Fsp3) is 0.188. The van der Waals surface area contributed by atoms with Crippen molar-refractivity contribution in [2.45, 2.75) is 13.0 Å². The maximum atomic E-state index is 12.6. The molecule has 0 radical (unpaired) electrons. The van der Waals surface area contributed by atoms with Crippen LogP contribution in [0.1, 0.15) is 28.9 Å². The van der Waals surface area contributed by atoms with Crippen LogP contribution in [0.5, 0.6) is 0 Å². The highest BCUT2D eigenvalue weighted by atomic mass is 35.5. The van der Waals surface area contributed by atoms with E-state index in [0.29, 0.717) is 21.3 Å². The Morgan fingerprint density at radius 3 is 2.48 bits per heavy atom. The Balaban J connectivity index is 2.29. The van der Waals surface area contributed by atoms with E-state index in [-0.39, 0.29) is 11.9 Å². The van der Waals surface area contributed by atoms with E-state index in [9.17, 15) is 4.79 Å². The fourth-order valence-electron chi connectivity index (χ4n) is 2.12. The highest BCUT2D eigenvalue weighted by Gasteiger charge is 2.22. The van der Waals surface area contributed by atoms with Gasteiger partial charge in [0.15, 0.2) is 0 Å². The molecule has 3 nitrogen and oxygen atoms in total. The number of anilines is 1. The molecule has 0 fully saturated rings. The third-order valence-electron chi connectivity index (χ3n) is 3.50. The van der Waals surface area contributed by atoms with Crippen molar-refractivity contribution >= 4 is 34.8 Å². The van der Waals surface area contributed by atoms with E-state index in [4.69, 9.17) is 28.9 Å². The summed E-state index contributed by atoms with van der Waals surface area (Å²) in [6.07, 6.45) is 0. The summed E-state index contributed by atoms with van der Waals surface area (Å²) < 4.78 is 0. The SMILES string of the molecule is CC(c1ccccc1Cl)N(C)C(=O)c1ccc(Cl)cc1N. The van der Waals surface area contributed by atoms with Crippen LogP contribution in [0, 0.1) is 0 Å². The molecule has 21 heavy (non-hydrogen) atoms. The van der Waals surface area contributed by atoms with Gasteiger partial charge in [-0.05, 0) is 36.8 Å². The van der Waals surface area contributed by atoms with Crippen LogP contribution < -0.4 is 5.73 Å². The first-order valence-electron chi connectivity index (χ1n) is 6.48. The molecule has 110 valence electrons. The first-order valence-corrected chi connectivity index (χ1v) is 7.24. The lowest BCUT2D eigenvalue weighted by molar-refractivity contribution is 0.0744. The highest BCUT2D eigenvalue weighted by molar-refractivity contribution is 6.31. The quantitative estimate of drug-likeness (QED) is 0.851. The number of benzene rings is 2. The molecule has 0 aromatic heterocycles. The lowest BCUT2D eigenvalue weighted by Gasteiger charge is -2.26. The summed E-state index contributed by atoms with van der Waals surface area (Å²) in [6, 6.07) is 12.2. The molecule has 0 bridgehead atoms. The number of carbonyl (C=O) groups is 1. The molecule has 2 N–H and O–H groups in total. The minimum Gasteiger partial charge on any atom is -0.398 e. The van der Waals surface area contributed by atoms with Gasteiger partial charge in [0.05, 0.1) is 11.6 Å². The van der Waals surface area contributed by atoms with Crippen LogP contribution in [0.15, 0.2) is 42.5 Å².